The zero-order valence-corrected chi connectivity index (χ0v) is 18.2. The third kappa shape index (κ3) is 4.79. The van der Waals surface area contributed by atoms with E-state index in [1.54, 1.807) is 31.2 Å². The molecule has 156 valence electrons. The summed E-state index contributed by atoms with van der Waals surface area (Å²) in [4.78, 5) is 29.3. The Balaban J connectivity index is 1.53. The predicted molar refractivity (Wildman–Crippen MR) is 113 cm³/mol. The number of rotatable bonds is 5. The lowest BCUT2D eigenvalue weighted by molar-refractivity contribution is -0.134. The average Bonchev–Trinajstić information content (AvgIpc) is 2.94. The highest BCUT2D eigenvalue weighted by molar-refractivity contribution is 6.33. The largest absolute Gasteiger partial charge is 0.340 e. The number of carbonyl (C=O) groups is 2. The van der Waals surface area contributed by atoms with E-state index in [1.807, 2.05) is 23.6 Å². The maximum Gasteiger partial charge on any atom is 0.253 e. The molecule has 1 aromatic carbocycles. The summed E-state index contributed by atoms with van der Waals surface area (Å²) in [7, 11) is 1.96. The normalized spacial score (nSPS) is 16.0. The van der Waals surface area contributed by atoms with Crippen LogP contribution in [0.3, 0.4) is 0 Å². The van der Waals surface area contributed by atoms with Gasteiger partial charge in [-0.2, -0.15) is 5.10 Å². The molecule has 1 aliphatic heterocycles. The van der Waals surface area contributed by atoms with Gasteiger partial charge in [0.05, 0.1) is 16.3 Å². The Morgan fingerprint density at radius 2 is 1.83 bits per heavy atom. The van der Waals surface area contributed by atoms with Crippen molar-refractivity contribution in [3.05, 3.63) is 51.8 Å². The van der Waals surface area contributed by atoms with Gasteiger partial charge in [0.25, 0.3) is 5.91 Å². The van der Waals surface area contributed by atoms with Gasteiger partial charge in [-0.05, 0) is 32.9 Å². The number of nitrogens with one attached hydrogen (secondary N) is 1. The van der Waals surface area contributed by atoms with Crippen molar-refractivity contribution in [2.75, 3.05) is 26.2 Å². The molecule has 2 aromatic rings. The summed E-state index contributed by atoms with van der Waals surface area (Å²) in [5.74, 6) is -0.406. The summed E-state index contributed by atoms with van der Waals surface area (Å²) >= 11 is 6.07. The van der Waals surface area contributed by atoms with Crippen LogP contribution in [0.25, 0.3) is 0 Å². The Hall–Kier alpha value is -2.38. The predicted octanol–water partition coefficient (Wildman–Crippen LogP) is 2.15. The van der Waals surface area contributed by atoms with Crippen LogP contribution in [-0.4, -0.2) is 63.6 Å². The first-order valence-electron chi connectivity index (χ1n) is 9.83. The molecule has 1 unspecified atom stereocenters. The van der Waals surface area contributed by atoms with E-state index in [-0.39, 0.29) is 11.8 Å². The number of nitrogens with zero attached hydrogens (tertiary/aromatic N) is 4. The quantitative estimate of drug-likeness (QED) is 0.809. The molecular weight excluding hydrogens is 390 g/mol. The van der Waals surface area contributed by atoms with E-state index in [0.717, 1.165) is 25.3 Å². The first-order chi connectivity index (χ1) is 13.8. The monoisotopic (exact) mass is 417 g/mol. The molecule has 29 heavy (non-hydrogen) atoms. The lowest BCUT2D eigenvalue weighted by atomic mass is 10.1. The average molecular weight is 418 g/mol. The fourth-order valence-corrected chi connectivity index (χ4v) is 3.87. The number of halogens is 1. The van der Waals surface area contributed by atoms with Crippen molar-refractivity contribution in [3.63, 3.8) is 0 Å². The summed E-state index contributed by atoms with van der Waals surface area (Å²) in [5.41, 5.74) is 3.87. The molecule has 7 nitrogen and oxygen atoms in total. The van der Waals surface area contributed by atoms with Crippen LogP contribution in [0.2, 0.25) is 5.02 Å². The molecule has 1 atom stereocenters. The number of piperazine rings is 1. The molecule has 0 saturated carbocycles. The number of hydrogen-bond acceptors (Lipinski definition) is 4. The molecule has 0 spiro atoms. The summed E-state index contributed by atoms with van der Waals surface area (Å²) < 4.78 is 1.91. The van der Waals surface area contributed by atoms with E-state index in [2.05, 4.69) is 22.2 Å². The molecule has 0 bridgehead atoms. The lowest BCUT2D eigenvalue weighted by Crippen LogP contribution is -2.54. The fourth-order valence-electron chi connectivity index (χ4n) is 3.65. The van der Waals surface area contributed by atoms with Crippen molar-refractivity contribution < 1.29 is 9.59 Å². The third-order valence-corrected chi connectivity index (χ3v) is 5.89. The Labute approximate surface area is 176 Å². The standard InChI is InChI=1S/C21H28ClN5O2/c1-14-18(16(3)25(4)24-14)13-26-9-11-27(12-10-26)21(29)15(2)23-20(28)17-7-5-6-8-19(17)22/h5-8,15H,9-13H2,1-4H3,(H,23,28). The maximum atomic E-state index is 12.8. The van der Waals surface area contributed by atoms with Gasteiger partial charge in [0.1, 0.15) is 6.04 Å². The highest BCUT2D eigenvalue weighted by Gasteiger charge is 2.27. The van der Waals surface area contributed by atoms with E-state index in [4.69, 9.17) is 11.6 Å². The molecule has 2 amide bonds. The van der Waals surface area contributed by atoms with Gasteiger partial charge in [-0.15, -0.1) is 0 Å². The first kappa shape index (κ1) is 21.3. The van der Waals surface area contributed by atoms with Crippen molar-refractivity contribution in [1.29, 1.82) is 0 Å². The van der Waals surface area contributed by atoms with Gasteiger partial charge in [-0.25, -0.2) is 0 Å². The number of benzene rings is 1. The second-order valence-electron chi connectivity index (χ2n) is 7.55. The SMILES string of the molecule is Cc1nn(C)c(C)c1CN1CCN(C(=O)C(C)NC(=O)c2ccccc2Cl)CC1. The molecular formula is C21H28ClN5O2. The molecule has 1 fully saturated rings. The van der Waals surface area contributed by atoms with Gasteiger partial charge >= 0.3 is 0 Å². The van der Waals surface area contributed by atoms with Gasteiger partial charge < -0.3 is 10.2 Å². The smallest absolute Gasteiger partial charge is 0.253 e. The van der Waals surface area contributed by atoms with Crippen LogP contribution in [0.15, 0.2) is 24.3 Å². The summed E-state index contributed by atoms with van der Waals surface area (Å²) in [6, 6.07) is 6.22. The molecule has 1 aliphatic rings. The number of aromatic nitrogens is 2. The van der Waals surface area contributed by atoms with Crippen LogP contribution in [-0.2, 0) is 18.4 Å². The van der Waals surface area contributed by atoms with Crippen molar-refractivity contribution >= 4 is 23.4 Å². The summed E-state index contributed by atoms with van der Waals surface area (Å²) in [5, 5.41) is 7.61. The van der Waals surface area contributed by atoms with Gasteiger partial charge in [-0.3, -0.25) is 19.2 Å². The van der Waals surface area contributed by atoms with E-state index in [9.17, 15) is 9.59 Å². The van der Waals surface area contributed by atoms with Gasteiger partial charge in [0.15, 0.2) is 0 Å². The van der Waals surface area contributed by atoms with E-state index < -0.39 is 6.04 Å². The minimum Gasteiger partial charge on any atom is -0.340 e. The van der Waals surface area contributed by atoms with Crippen LogP contribution in [0.1, 0.15) is 34.2 Å². The van der Waals surface area contributed by atoms with Gasteiger partial charge in [0.2, 0.25) is 5.91 Å². The summed E-state index contributed by atoms with van der Waals surface area (Å²) in [6.45, 7) is 9.55. The van der Waals surface area contributed by atoms with Crippen LogP contribution >= 0.6 is 11.6 Å². The number of carbonyl (C=O) groups excluding carboxylic acids is 2. The Kier molecular flexibility index (Phi) is 6.59. The Bertz CT molecular complexity index is 902. The third-order valence-electron chi connectivity index (χ3n) is 5.56. The molecule has 8 heteroatoms. The highest BCUT2D eigenvalue weighted by atomic mass is 35.5. The maximum absolute atomic E-state index is 12.8. The topological polar surface area (TPSA) is 70.5 Å². The van der Waals surface area contributed by atoms with E-state index in [1.165, 1.54) is 11.3 Å². The van der Waals surface area contributed by atoms with Crippen molar-refractivity contribution in [1.82, 2.24) is 24.9 Å². The zero-order valence-electron chi connectivity index (χ0n) is 17.4. The van der Waals surface area contributed by atoms with Crippen molar-refractivity contribution in [2.45, 2.75) is 33.4 Å². The van der Waals surface area contributed by atoms with Crippen LogP contribution in [0.5, 0.6) is 0 Å². The zero-order chi connectivity index (χ0) is 21.1. The van der Waals surface area contributed by atoms with Crippen LogP contribution < -0.4 is 5.32 Å². The Morgan fingerprint density at radius 1 is 1.17 bits per heavy atom. The fraction of sp³-hybridized carbons (Fsp3) is 0.476. The minimum absolute atomic E-state index is 0.0706. The van der Waals surface area contributed by atoms with Crippen molar-refractivity contribution in [3.8, 4) is 0 Å². The van der Waals surface area contributed by atoms with E-state index >= 15 is 0 Å². The van der Waals surface area contributed by atoms with Gasteiger partial charge in [0, 0.05) is 51.0 Å². The van der Waals surface area contributed by atoms with Crippen LogP contribution in [0.4, 0.5) is 0 Å². The van der Waals surface area contributed by atoms with E-state index in [0.29, 0.717) is 23.7 Å². The number of hydrogen-bond donors (Lipinski definition) is 1. The highest BCUT2D eigenvalue weighted by Crippen LogP contribution is 2.17. The number of aryl methyl sites for hydroxylation is 2. The van der Waals surface area contributed by atoms with Crippen LogP contribution in [0, 0.1) is 13.8 Å². The van der Waals surface area contributed by atoms with Gasteiger partial charge in [-0.1, -0.05) is 23.7 Å². The molecule has 0 radical (unpaired) electrons. The molecule has 1 aromatic heterocycles. The molecule has 0 aliphatic carbocycles. The molecule has 2 heterocycles. The lowest BCUT2D eigenvalue weighted by Gasteiger charge is -2.36. The Morgan fingerprint density at radius 3 is 2.41 bits per heavy atom. The van der Waals surface area contributed by atoms with Crippen molar-refractivity contribution in [2.24, 2.45) is 7.05 Å². The number of amides is 2. The second kappa shape index (κ2) is 8.97. The minimum atomic E-state index is -0.604. The first-order valence-corrected chi connectivity index (χ1v) is 10.2. The second-order valence-corrected chi connectivity index (χ2v) is 7.96. The molecule has 1 N–H and O–H groups in total. The summed E-state index contributed by atoms with van der Waals surface area (Å²) in [6.07, 6.45) is 0. The molecule has 3 rings (SSSR count). The molecule has 1 saturated heterocycles.